The van der Waals surface area contributed by atoms with Crippen molar-refractivity contribution in [3.05, 3.63) is 53.2 Å². The fourth-order valence-corrected chi connectivity index (χ4v) is 2.95. The SMILES string of the molecule is COC(=O)c1ccc(C(C)Nc2ncnc3sccc23)cc1. The van der Waals surface area contributed by atoms with Gasteiger partial charge in [0, 0.05) is 6.04 Å². The smallest absolute Gasteiger partial charge is 0.337 e. The van der Waals surface area contributed by atoms with Crippen LogP contribution in [0.15, 0.2) is 42.0 Å². The lowest BCUT2D eigenvalue weighted by Crippen LogP contribution is -2.09. The van der Waals surface area contributed by atoms with Gasteiger partial charge in [0.15, 0.2) is 0 Å². The van der Waals surface area contributed by atoms with Gasteiger partial charge < -0.3 is 10.1 Å². The lowest BCUT2D eigenvalue weighted by molar-refractivity contribution is 0.0600. The van der Waals surface area contributed by atoms with Crippen molar-refractivity contribution >= 4 is 33.3 Å². The van der Waals surface area contributed by atoms with E-state index in [1.165, 1.54) is 7.11 Å². The molecule has 3 aromatic rings. The van der Waals surface area contributed by atoms with Crippen LogP contribution in [0.1, 0.15) is 28.9 Å². The van der Waals surface area contributed by atoms with Crippen LogP contribution in [0.25, 0.3) is 10.2 Å². The van der Waals surface area contributed by atoms with Crippen LogP contribution in [0.5, 0.6) is 0 Å². The summed E-state index contributed by atoms with van der Waals surface area (Å²) in [6.07, 6.45) is 1.56. The Morgan fingerprint density at radius 3 is 2.73 bits per heavy atom. The summed E-state index contributed by atoms with van der Waals surface area (Å²) >= 11 is 1.59. The quantitative estimate of drug-likeness (QED) is 0.745. The molecule has 1 N–H and O–H groups in total. The largest absolute Gasteiger partial charge is 0.465 e. The number of nitrogens with one attached hydrogen (secondary N) is 1. The minimum Gasteiger partial charge on any atom is -0.465 e. The second kappa shape index (κ2) is 6.11. The van der Waals surface area contributed by atoms with E-state index in [9.17, 15) is 4.79 Å². The van der Waals surface area contributed by atoms with E-state index in [-0.39, 0.29) is 12.0 Å². The Labute approximate surface area is 132 Å². The van der Waals surface area contributed by atoms with Crippen LogP contribution in [0.4, 0.5) is 5.82 Å². The third kappa shape index (κ3) is 2.78. The Hall–Kier alpha value is -2.47. The number of carbonyl (C=O) groups excluding carboxylic acids is 1. The molecule has 0 bridgehead atoms. The number of methoxy groups -OCH3 is 1. The molecular formula is C16H15N3O2S. The Balaban J connectivity index is 1.81. The Bertz CT molecular complexity index is 799. The highest BCUT2D eigenvalue weighted by Crippen LogP contribution is 2.27. The van der Waals surface area contributed by atoms with Gasteiger partial charge in [-0.15, -0.1) is 11.3 Å². The summed E-state index contributed by atoms with van der Waals surface area (Å²) in [7, 11) is 1.38. The molecule has 0 saturated carbocycles. The lowest BCUT2D eigenvalue weighted by atomic mass is 10.1. The van der Waals surface area contributed by atoms with Crippen molar-refractivity contribution in [1.29, 1.82) is 0 Å². The zero-order valence-electron chi connectivity index (χ0n) is 12.2. The predicted octanol–water partition coefficient (Wildman–Crippen LogP) is 3.65. The fourth-order valence-electron chi connectivity index (χ4n) is 2.22. The molecule has 0 fully saturated rings. The van der Waals surface area contributed by atoms with E-state index >= 15 is 0 Å². The van der Waals surface area contributed by atoms with Gasteiger partial charge in [0.2, 0.25) is 0 Å². The summed E-state index contributed by atoms with van der Waals surface area (Å²) < 4.78 is 4.70. The van der Waals surface area contributed by atoms with E-state index in [1.54, 1.807) is 29.8 Å². The number of anilines is 1. The number of benzene rings is 1. The second-order valence-electron chi connectivity index (χ2n) is 4.84. The normalized spacial score (nSPS) is 12.1. The number of nitrogens with zero attached hydrogens (tertiary/aromatic N) is 2. The molecule has 5 nitrogen and oxygen atoms in total. The number of thiophene rings is 1. The van der Waals surface area contributed by atoms with Gasteiger partial charge in [0.1, 0.15) is 17.0 Å². The van der Waals surface area contributed by atoms with E-state index in [2.05, 4.69) is 15.3 Å². The van der Waals surface area contributed by atoms with E-state index in [0.717, 1.165) is 21.6 Å². The number of aromatic nitrogens is 2. The average molecular weight is 313 g/mol. The lowest BCUT2D eigenvalue weighted by Gasteiger charge is -2.15. The zero-order valence-corrected chi connectivity index (χ0v) is 13.1. The molecule has 0 radical (unpaired) electrons. The van der Waals surface area contributed by atoms with E-state index in [4.69, 9.17) is 4.74 Å². The van der Waals surface area contributed by atoms with Crippen molar-refractivity contribution in [1.82, 2.24) is 9.97 Å². The van der Waals surface area contributed by atoms with Gasteiger partial charge >= 0.3 is 5.97 Å². The van der Waals surface area contributed by atoms with E-state index in [1.807, 2.05) is 30.5 Å². The first kappa shape index (κ1) is 14.5. The Morgan fingerprint density at radius 1 is 1.23 bits per heavy atom. The molecule has 2 heterocycles. The van der Waals surface area contributed by atoms with Crippen molar-refractivity contribution in [3.8, 4) is 0 Å². The highest BCUT2D eigenvalue weighted by atomic mass is 32.1. The average Bonchev–Trinajstić information content (AvgIpc) is 3.04. The maximum Gasteiger partial charge on any atom is 0.337 e. The van der Waals surface area contributed by atoms with Crippen molar-refractivity contribution in [2.75, 3.05) is 12.4 Å². The molecule has 6 heteroatoms. The summed E-state index contributed by atoms with van der Waals surface area (Å²) in [5.41, 5.74) is 1.61. The number of fused-ring (bicyclic) bond motifs is 1. The molecule has 0 amide bonds. The molecule has 1 aromatic carbocycles. The molecule has 1 atom stereocenters. The third-order valence-corrected chi connectivity index (χ3v) is 4.27. The van der Waals surface area contributed by atoms with Crippen LogP contribution >= 0.6 is 11.3 Å². The molecule has 3 rings (SSSR count). The van der Waals surface area contributed by atoms with Gasteiger partial charge in [-0.3, -0.25) is 0 Å². The van der Waals surface area contributed by atoms with Crippen molar-refractivity contribution in [2.45, 2.75) is 13.0 Å². The number of ether oxygens (including phenoxy) is 1. The first-order valence-electron chi connectivity index (χ1n) is 6.82. The molecule has 0 aliphatic carbocycles. The summed E-state index contributed by atoms with van der Waals surface area (Å²) in [6, 6.07) is 9.42. The van der Waals surface area contributed by atoms with Gasteiger partial charge in [-0.2, -0.15) is 0 Å². The minimum absolute atomic E-state index is 0.0599. The summed E-state index contributed by atoms with van der Waals surface area (Å²) in [4.78, 5) is 21.0. The molecule has 0 aliphatic heterocycles. The third-order valence-electron chi connectivity index (χ3n) is 3.45. The van der Waals surface area contributed by atoms with E-state index in [0.29, 0.717) is 5.56 Å². The first-order chi connectivity index (χ1) is 10.7. The summed E-state index contributed by atoms with van der Waals surface area (Å²) in [5.74, 6) is 0.485. The number of hydrogen-bond donors (Lipinski definition) is 1. The van der Waals surface area contributed by atoms with Gasteiger partial charge in [-0.25, -0.2) is 14.8 Å². The van der Waals surface area contributed by atoms with Crippen molar-refractivity contribution in [3.63, 3.8) is 0 Å². The van der Waals surface area contributed by atoms with Crippen LogP contribution in [0.2, 0.25) is 0 Å². The van der Waals surface area contributed by atoms with Crippen LogP contribution in [0.3, 0.4) is 0 Å². The van der Waals surface area contributed by atoms with Crippen molar-refractivity contribution in [2.24, 2.45) is 0 Å². The fraction of sp³-hybridized carbons (Fsp3) is 0.188. The highest BCUT2D eigenvalue weighted by Gasteiger charge is 2.11. The monoisotopic (exact) mass is 313 g/mol. The molecule has 2 aromatic heterocycles. The minimum atomic E-state index is -0.331. The van der Waals surface area contributed by atoms with Crippen LogP contribution in [-0.4, -0.2) is 23.0 Å². The Kier molecular flexibility index (Phi) is 4.02. The first-order valence-corrected chi connectivity index (χ1v) is 7.70. The standard InChI is InChI=1S/C16H15N3O2S/c1-10(11-3-5-12(6-4-11)16(20)21-2)19-14-13-7-8-22-15(13)18-9-17-14/h3-10H,1-2H3,(H,17,18,19). The Morgan fingerprint density at radius 2 is 2.00 bits per heavy atom. The number of carbonyl (C=O) groups is 1. The zero-order chi connectivity index (χ0) is 15.5. The van der Waals surface area contributed by atoms with Gasteiger partial charge in [-0.05, 0) is 36.1 Å². The highest BCUT2D eigenvalue weighted by molar-refractivity contribution is 7.16. The molecule has 1 unspecified atom stereocenters. The predicted molar refractivity (Wildman–Crippen MR) is 87.2 cm³/mol. The number of hydrogen-bond acceptors (Lipinski definition) is 6. The van der Waals surface area contributed by atoms with Gasteiger partial charge in [0.05, 0.1) is 18.1 Å². The molecule has 22 heavy (non-hydrogen) atoms. The molecule has 0 saturated heterocycles. The maximum absolute atomic E-state index is 11.4. The topological polar surface area (TPSA) is 64.1 Å². The number of rotatable bonds is 4. The summed E-state index contributed by atoms with van der Waals surface area (Å²) in [6.45, 7) is 2.05. The molecule has 0 spiro atoms. The second-order valence-corrected chi connectivity index (χ2v) is 5.74. The van der Waals surface area contributed by atoms with Crippen molar-refractivity contribution < 1.29 is 9.53 Å². The molecule has 0 aliphatic rings. The van der Waals surface area contributed by atoms with E-state index < -0.39 is 0 Å². The van der Waals surface area contributed by atoms with Gasteiger partial charge in [0.25, 0.3) is 0 Å². The van der Waals surface area contributed by atoms with Crippen LogP contribution in [0, 0.1) is 0 Å². The van der Waals surface area contributed by atoms with Crippen LogP contribution < -0.4 is 5.32 Å². The molecular weight excluding hydrogens is 298 g/mol. The molecule has 112 valence electrons. The number of esters is 1. The van der Waals surface area contributed by atoms with Gasteiger partial charge in [-0.1, -0.05) is 12.1 Å². The van der Waals surface area contributed by atoms with Crippen LogP contribution in [-0.2, 0) is 4.74 Å². The summed E-state index contributed by atoms with van der Waals surface area (Å²) in [5, 5.41) is 6.41. The maximum atomic E-state index is 11.4.